The fraction of sp³-hybridized carbons (Fsp3) is 0.471. The first-order valence-electron chi connectivity index (χ1n) is 8.79. The lowest BCUT2D eigenvalue weighted by Crippen LogP contribution is -2.43. The van der Waals surface area contributed by atoms with E-state index in [2.05, 4.69) is 15.1 Å². The molecule has 1 atom stereocenters. The predicted octanol–water partition coefficient (Wildman–Crippen LogP) is 0.824. The number of carbonyl (C=O) groups excluding carboxylic acids is 1. The lowest BCUT2D eigenvalue weighted by Gasteiger charge is -2.32. The molecule has 0 aliphatic carbocycles. The smallest absolute Gasteiger partial charge is 0.330 e. The number of hydrogen-bond donors (Lipinski definition) is 0. The predicted molar refractivity (Wildman–Crippen MR) is 94.8 cm³/mol. The van der Waals surface area contributed by atoms with Gasteiger partial charge in [0.05, 0.1) is 12.2 Å². The van der Waals surface area contributed by atoms with Gasteiger partial charge in [-0.1, -0.05) is 0 Å². The fourth-order valence-electron chi connectivity index (χ4n) is 3.59. The molecule has 0 N–H and O–H groups in total. The van der Waals surface area contributed by atoms with Crippen LogP contribution in [-0.2, 0) is 13.6 Å². The van der Waals surface area contributed by atoms with Gasteiger partial charge < -0.3 is 4.90 Å². The van der Waals surface area contributed by atoms with Crippen molar-refractivity contribution in [3.63, 3.8) is 0 Å². The summed E-state index contributed by atoms with van der Waals surface area (Å²) in [6, 6.07) is 1.64. The van der Waals surface area contributed by atoms with Crippen molar-refractivity contribution < 1.29 is 4.79 Å². The van der Waals surface area contributed by atoms with E-state index in [1.165, 1.54) is 6.33 Å². The van der Waals surface area contributed by atoms with Crippen LogP contribution < -0.4 is 5.69 Å². The van der Waals surface area contributed by atoms with Gasteiger partial charge in [-0.25, -0.2) is 14.8 Å². The van der Waals surface area contributed by atoms with Gasteiger partial charge in [-0.3, -0.25) is 18.6 Å². The molecular formula is C17H21N7O2. The first-order chi connectivity index (χ1) is 12.6. The van der Waals surface area contributed by atoms with Crippen molar-refractivity contribution in [3.8, 4) is 0 Å². The normalized spacial score (nSPS) is 17.8. The highest BCUT2D eigenvalue weighted by Crippen LogP contribution is 2.24. The van der Waals surface area contributed by atoms with Crippen molar-refractivity contribution in [3.05, 3.63) is 41.0 Å². The van der Waals surface area contributed by atoms with Crippen LogP contribution in [0.2, 0.25) is 0 Å². The third-order valence-electron chi connectivity index (χ3n) is 4.99. The van der Waals surface area contributed by atoms with Crippen molar-refractivity contribution >= 4 is 17.1 Å². The average molecular weight is 355 g/mol. The molecule has 1 amide bonds. The molecule has 4 rings (SSSR count). The number of rotatable bonds is 3. The number of likely N-dealkylation sites (tertiary alicyclic amines) is 1. The Bertz CT molecular complexity index is 1020. The van der Waals surface area contributed by atoms with Gasteiger partial charge in [0.2, 0.25) is 0 Å². The Morgan fingerprint density at radius 3 is 3.00 bits per heavy atom. The van der Waals surface area contributed by atoms with Gasteiger partial charge in [0.15, 0.2) is 5.65 Å². The molecule has 0 radical (unpaired) electrons. The maximum absolute atomic E-state index is 12.8. The number of imidazole rings is 1. The molecular weight excluding hydrogens is 334 g/mol. The van der Waals surface area contributed by atoms with Crippen molar-refractivity contribution in [1.82, 2.24) is 33.8 Å². The molecule has 0 bridgehead atoms. The quantitative estimate of drug-likeness (QED) is 0.694. The van der Waals surface area contributed by atoms with Crippen LogP contribution in [0.15, 0.2) is 29.6 Å². The molecule has 136 valence electrons. The van der Waals surface area contributed by atoms with Gasteiger partial charge in [0.25, 0.3) is 5.91 Å². The summed E-state index contributed by atoms with van der Waals surface area (Å²) < 4.78 is 4.99. The molecule has 1 aliphatic rings. The van der Waals surface area contributed by atoms with Crippen molar-refractivity contribution in [2.75, 3.05) is 13.1 Å². The van der Waals surface area contributed by atoms with Crippen LogP contribution in [0.25, 0.3) is 11.2 Å². The molecule has 4 heterocycles. The van der Waals surface area contributed by atoms with Crippen LogP contribution in [0, 0.1) is 0 Å². The van der Waals surface area contributed by atoms with Crippen LogP contribution in [0.1, 0.15) is 36.3 Å². The highest BCUT2D eigenvalue weighted by Gasteiger charge is 2.29. The van der Waals surface area contributed by atoms with E-state index in [-0.39, 0.29) is 17.6 Å². The van der Waals surface area contributed by atoms with Gasteiger partial charge in [0.1, 0.15) is 17.5 Å². The molecule has 1 saturated heterocycles. The van der Waals surface area contributed by atoms with E-state index in [4.69, 9.17) is 0 Å². The second kappa shape index (κ2) is 6.40. The van der Waals surface area contributed by atoms with E-state index in [9.17, 15) is 9.59 Å². The van der Waals surface area contributed by atoms with E-state index in [0.29, 0.717) is 29.9 Å². The second-order valence-corrected chi connectivity index (χ2v) is 6.55. The minimum atomic E-state index is -0.130. The Morgan fingerprint density at radius 1 is 1.38 bits per heavy atom. The Kier molecular flexibility index (Phi) is 4.06. The standard InChI is InChI=1S/C17H21N7O2/c1-3-23-8-6-13(20-23)16(25)22-7-4-5-12(10-22)24-15-14(9-18-11-19-15)21(2)17(24)26/h6,8-9,11-12H,3-5,7,10H2,1-2H3/t12-/m1/s1. The lowest BCUT2D eigenvalue weighted by molar-refractivity contribution is 0.0672. The zero-order valence-electron chi connectivity index (χ0n) is 14.9. The summed E-state index contributed by atoms with van der Waals surface area (Å²) >= 11 is 0. The Hall–Kier alpha value is -2.97. The van der Waals surface area contributed by atoms with Crippen molar-refractivity contribution in [2.45, 2.75) is 32.4 Å². The fourth-order valence-corrected chi connectivity index (χ4v) is 3.59. The molecule has 0 aromatic carbocycles. The Balaban J connectivity index is 1.64. The van der Waals surface area contributed by atoms with E-state index in [0.717, 1.165) is 19.4 Å². The van der Waals surface area contributed by atoms with E-state index in [1.807, 2.05) is 6.92 Å². The molecule has 9 heteroatoms. The van der Waals surface area contributed by atoms with Crippen molar-refractivity contribution in [1.29, 1.82) is 0 Å². The Morgan fingerprint density at radius 2 is 2.23 bits per heavy atom. The van der Waals surface area contributed by atoms with Gasteiger partial charge in [-0.05, 0) is 25.8 Å². The number of fused-ring (bicyclic) bond motifs is 1. The minimum absolute atomic E-state index is 0.0928. The molecule has 9 nitrogen and oxygen atoms in total. The summed E-state index contributed by atoms with van der Waals surface area (Å²) in [5.74, 6) is -0.0928. The van der Waals surface area contributed by atoms with Gasteiger partial charge in [-0.15, -0.1) is 0 Å². The number of carbonyl (C=O) groups is 1. The van der Waals surface area contributed by atoms with Crippen LogP contribution in [0.4, 0.5) is 0 Å². The second-order valence-electron chi connectivity index (χ2n) is 6.55. The lowest BCUT2D eigenvalue weighted by atomic mass is 10.1. The number of nitrogens with zero attached hydrogens (tertiary/aromatic N) is 7. The largest absolute Gasteiger partial charge is 0.335 e. The first kappa shape index (κ1) is 16.5. The van der Waals surface area contributed by atoms with Crippen molar-refractivity contribution in [2.24, 2.45) is 7.05 Å². The minimum Gasteiger partial charge on any atom is -0.335 e. The molecule has 3 aromatic rings. The highest BCUT2D eigenvalue weighted by atomic mass is 16.2. The zero-order chi connectivity index (χ0) is 18.3. The number of amides is 1. The SMILES string of the molecule is CCn1ccc(C(=O)N2CCC[C@@H](n3c(=O)n(C)c4cncnc43)C2)n1. The van der Waals surface area contributed by atoms with E-state index < -0.39 is 0 Å². The van der Waals surface area contributed by atoms with E-state index >= 15 is 0 Å². The summed E-state index contributed by atoms with van der Waals surface area (Å²) in [6.07, 6.45) is 6.56. The third kappa shape index (κ3) is 2.59. The Labute approximate surface area is 149 Å². The number of aromatic nitrogens is 6. The van der Waals surface area contributed by atoms with Gasteiger partial charge >= 0.3 is 5.69 Å². The molecule has 1 fully saturated rings. The number of hydrogen-bond acceptors (Lipinski definition) is 5. The zero-order valence-corrected chi connectivity index (χ0v) is 14.9. The molecule has 1 aliphatic heterocycles. The number of piperidine rings is 1. The summed E-state index contributed by atoms with van der Waals surface area (Å²) in [7, 11) is 1.72. The van der Waals surface area contributed by atoms with Crippen LogP contribution in [0.3, 0.4) is 0 Å². The average Bonchev–Trinajstić information content (AvgIpc) is 3.25. The summed E-state index contributed by atoms with van der Waals surface area (Å²) in [5.41, 5.74) is 1.62. The molecule has 0 unspecified atom stereocenters. The highest BCUT2D eigenvalue weighted by molar-refractivity contribution is 5.92. The van der Waals surface area contributed by atoms with E-state index in [1.54, 1.807) is 44.2 Å². The van der Waals surface area contributed by atoms with Crippen LogP contribution in [-0.4, -0.2) is 52.8 Å². The topological polar surface area (TPSA) is 90.8 Å². The monoisotopic (exact) mass is 355 g/mol. The van der Waals surface area contributed by atoms with Crippen LogP contribution in [0.5, 0.6) is 0 Å². The van der Waals surface area contributed by atoms with Gasteiger partial charge in [-0.2, -0.15) is 5.10 Å². The summed E-state index contributed by atoms with van der Waals surface area (Å²) in [6.45, 7) is 3.84. The van der Waals surface area contributed by atoms with Gasteiger partial charge in [0, 0.05) is 32.9 Å². The number of aryl methyl sites for hydroxylation is 2. The molecule has 3 aromatic heterocycles. The molecule has 0 spiro atoms. The summed E-state index contributed by atoms with van der Waals surface area (Å²) in [5, 5.41) is 4.31. The van der Waals surface area contributed by atoms with Crippen LogP contribution >= 0.6 is 0 Å². The third-order valence-corrected chi connectivity index (χ3v) is 4.99. The summed E-state index contributed by atoms with van der Waals surface area (Å²) in [4.78, 5) is 35.6. The maximum atomic E-state index is 12.8. The first-order valence-corrected chi connectivity index (χ1v) is 8.79. The molecule has 26 heavy (non-hydrogen) atoms. The molecule has 0 saturated carbocycles. The maximum Gasteiger partial charge on any atom is 0.330 e.